The van der Waals surface area contributed by atoms with E-state index in [0.717, 1.165) is 36.8 Å². The highest BCUT2D eigenvalue weighted by molar-refractivity contribution is 7.92. The molecule has 5 nitrogen and oxygen atoms in total. The Morgan fingerprint density at radius 2 is 1.48 bits per heavy atom. The Hall–Kier alpha value is -2.74. The van der Waals surface area contributed by atoms with Crippen molar-refractivity contribution in [1.29, 1.82) is 0 Å². The molecule has 3 aliphatic rings. The van der Waals surface area contributed by atoms with Crippen molar-refractivity contribution >= 4 is 15.7 Å². The summed E-state index contributed by atoms with van der Waals surface area (Å²) in [6, 6.07) is 4.03. The van der Waals surface area contributed by atoms with Crippen LogP contribution in [0.4, 0.5) is 35.1 Å². The van der Waals surface area contributed by atoms with Gasteiger partial charge in [-0.15, -0.1) is 0 Å². The second-order valence-corrected chi connectivity index (χ2v) is 13.5. The molecular weight excluding hydrogens is 598 g/mol. The summed E-state index contributed by atoms with van der Waals surface area (Å²) in [5.74, 6) is -1.45. The number of alkyl halides is 7. The average Bonchev–Trinajstić information content (AvgIpc) is 3.33. The van der Waals surface area contributed by atoms with Gasteiger partial charge in [0.1, 0.15) is 16.2 Å². The fraction of sp³-hybridized carbons (Fsp3) is 0.536. The third-order valence-corrected chi connectivity index (χ3v) is 11.6. The van der Waals surface area contributed by atoms with E-state index >= 15 is 0 Å². The second-order valence-electron chi connectivity index (χ2n) is 11.3. The maximum Gasteiger partial charge on any atom is 0.435 e. The number of aryl methyl sites for hydroxylation is 1. The predicted molar refractivity (Wildman–Crippen MR) is 133 cm³/mol. The lowest BCUT2D eigenvalue weighted by Crippen LogP contribution is -2.57. The highest BCUT2D eigenvalue weighted by Crippen LogP contribution is 2.57. The van der Waals surface area contributed by atoms with E-state index in [1.807, 2.05) is 0 Å². The molecule has 14 heteroatoms. The Morgan fingerprint density at radius 1 is 0.881 bits per heavy atom. The number of carbonyl (C=O) groups excluding carboxylic acids is 1. The van der Waals surface area contributed by atoms with Crippen molar-refractivity contribution in [1.82, 2.24) is 4.90 Å². The summed E-state index contributed by atoms with van der Waals surface area (Å²) in [4.78, 5) is 14.5. The number of hydrogen-bond donors (Lipinski definition) is 1. The van der Waals surface area contributed by atoms with Crippen LogP contribution in [0.1, 0.15) is 61.6 Å². The Labute approximate surface area is 236 Å². The number of carbonyl (C=O) groups is 1. The molecule has 2 atom stereocenters. The van der Waals surface area contributed by atoms with Crippen LogP contribution in [0.3, 0.4) is 0 Å². The fourth-order valence-electron chi connectivity index (χ4n) is 6.92. The number of fused-ring (bicyclic) bond motifs is 3. The number of benzene rings is 2. The first-order valence-corrected chi connectivity index (χ1v) is 14.9. The van der Waals surface area contributed by atoms with Gasteiger partial charge in [0.05, 0.1) is 10.9 Å². The standard InChI is InChI=1S/C28H27F8NO4S/c29-19-6-8-20(9-7-19)42(40,41)25-14-15-37(23(38)24(39)12-2-1-3-13-24)22(25)11-4-17-16-18(5-10-21(17)25)26(30,27(31,32)33)28(34,35)36/h5-10,16,22,39H,1-4,11-15H2/t22-,25-/m1/s1. The SMILES string of the molecule is O=C(N1CC[C@@]2(S(=O)(=O)c3ccc(F)cc3)c3ccc(C(F)(C(F)(F)F)C(F)(F)F)cc3CC[C@@H]12)C1(O)CCCCC1. The Bertz CT molecular complexity index is 1470. The highest BCUT2D eigenvalue weighted by Gasteiger charge is 2.74. The molecule has 0 unspecified atom stereocenters. The third-order valence-electron chi connectivity index (χ3n) is 9.01. The molecule has 1 saturated carbocycles. The number of hydrogen-bond acceptors (Lipinski definition) is 4. The first-order valence-electron chi connectivity index (χ1n) is 13.4. The van der Waals surface area contributed by atoms with Gasteiger partial charge < -0.3 is 10.0 Å². The number of rotatable bonds is 4. The van der Waals surface area contributed by atoms with Gasteiger partial charge in [-0.1, -0.05) is 37.5 Å². The molecule has 230 valence electrons. The Morgan fingerprint density at radius 3 is 2.05 bits per heavy atom. The zero-order chi connectivity index (χ0) is 30.9. The van der Waals surface area contributed by atoms with Crippen molar-refractivity contribution in [3.63, 3.8) is 0 Å². The summed E-state index contributed by atoms with van der Waals surface area (Å²) in [7, 11) is -4.59. The summed E-state index contributed by atoms with van der Waals surface area (Å²) in [5, 5.41) is 11.2. The number of amides is 1. The molecule has 0 bridgehead atoms. The first-order chi connectivity index (χ1) is 19.4. The van der Waals surface area contributed by atoms with E-state index in [0.29, 0.717) is 18.9 Å². The smallest absolute Gasteiger partial charge is 0.380 e. The second kappa shape index (κ2) is 9.90. The van der Waals surface area contributed by atoms with Gasteiger partial charge in [0.25, 0.3) is 5.91 Å². The van der Waals surface area contributed by atoms with Crippen LogP contribution in [-0.2, 0) is 31.5 Å². The lowest BCUT2D eigenvalue weighted by atomic mass is 9.76. The molecule has 2 fully saturated rings. The molecule has 2 aromatic rings. The van der Waals surface area contributed by atoms with E-state index in [1.165, 1.54) is 4.90 Å². The Kier molecular flexibility index (Phi) is 7.24. The fourth-order valence-corrected chi connectivity index (χ4v) is 9.28. The summed E-state index contributed by atoms with van der Waals surface area (Å²) in [6.07, 6.45) is -11.3. The van der Waals surface area contributed by atoms with Crippen molar-refractivity contribution < 1.29 is 53.4 Å². The van der Waals surface area contributed by atoms with E-state index in [1.54, 1.807) is 0 Å². The van der Waals surface area contributed by atoms with Crippen LogP contribution in [0.2, 0.25) is 0 Å². The quantitative estimate of drug-likeness (QED) is 0.333. The maximum absolute atomic E-state index is 14.9. The Balaban J connectivity index is 1.69. The van der Waals surface area contributed by atoms with E-state index < -0.39 is 61.5 Å². The minimum absolute atomic E-state index is 0.153. The summed E-state index contributed by atoms with van der Waals surface area (Å²) < 4.78 is 136. The molecule has 1 amide bonds. The molecule has 0 radical (unpaired) electrons. The van der Waals surface area contributed by atoms with Gasteiger partial charge in [0, 0.05) is 12.1 Å². The van der Waals surface area contributed by atoms with E-state index in [9.17, 15) is 53.4 Å². The molecule has 1 heterocycles. The zero-order valence-corrected chi connectivity index (χ0v) is 22.9. The van der Waals surface area contributed by atoms with Gasteiger partial charge in [0.15, 0.2) is 9.84 Å². The van der Waals surface area contributed by atoms with Crippen molar-refractivity contribution in [2.24, 2.45) is 0 Å². The summed E-state index contributed by atoms with van der Waals surface area (Å²) in [5.41, 5.74) is -9.60. The van der Waals surface area contributed by atoms with Crippen molar-refractivity contribution in [3.05, 3.63) is 65.0 Å². The van der Waals surface area contributed by atoms with Crippen molar-refractivity contribution in [2.45, 2.75) is 90.7 Å². The van der Waals surface area contributed by atoms with Gasteiger partial charge in [-0.2, -0.15) is 26.3 Å². The molecule has 0 spiro atoms. The lowest BCUT2D eigenvalue weighted by Gasteiger charge is -2.44. The highest BCUT2D eigenvalue weighted by atomic mass is 32.2. The van der Waals surface area contributed by atoms with Gasteiger partial charge >= 0.3 is 18.0 Å². The van der Waals surface area contributed by atoms with Crippen LogP contribution in [-0.4, -0.2) is 54.9 Å². The maximum atomic E-state index is 14.9. The summed E-state index contributed by atoms with van der Waals surface area (Å²) >= 11 is 0. The predicted octanol–water partition coefficient (Wildman–Crippen LogP) is 6.03. The van der Waals surface area contributed by atoms with E-state index in [-0.39, 0.29) is 60.7 Å². The number of likely N-dealkylation sites (tertiary alicyclic amines) is 1. The molecule has 42 heavy (non-hydrogen) atoms. The van der Waals surface area contributed by atoms with Crippen molar-refractivity contribution in [3.8, 4) is 0 Å². The molecular formula is C28H27F8NO4S. The van der Waals surface area contributed by atoms with Gasteiger partial charge in [-0.25, -0.2) is 17.2 Å². The van der Waals surface area contributed by atoms with Gasteiger partial charge in [-0.05, 0) is 67.5 Å². The molecule has 2 aliphatic carbocycles. The third kappa shape index (κ3) is 4.34. The van der Waals surface area contributed by atoms with Gasteiger partial charge in [-0.3, -0.25) is 4.79 Å². The normalized spacial score (nSPS) is 24.7. The molecule has 1 saturated heterocycles. The zero-order valence-electron chi connectivity index (χ0n) is 22.0. The topological polar surface area (TPSA) is 74.7 Å². The van der Waals surface area contributed by atoms with E-state index in [2.05, 4.69) is 0 Å². The van der Waals surface area contributed by atoms with Crippen LogP contribution >= 0.6 is 0 Å². The molecule has 1 N–H and O–H groups in total. The lowest BCUT2D eigenvalue weighted by molar-refractivity contribution is -0.348. The minimum atomic E-state index is -6.36. The van der Waals surface area contributed by atoms with Gasteiger partial charge in [0.2, 0.25) is 0 Å². The number of sulfone groups is 1. The van der Waals surface area contributed by atoms with E-state index in [4.69, 9.17) is 0 Å². The van der Waals surface area contributed by atoms with Crippen LogP contribution in [0.5, 0.6) is 0 Å². The number of halogens is 8. The largest absolute Gasteiger partial charge is 0.435 e. The van der Waals surface area contributed by atoms with Crippen LogP contribution in [0.25, 0.3) is 0 Å². The monoisotopic (exact) mass is 625 g/mol. The van der Waals surface area contributed by atoms with Crippen LogP contribution in [0.15, 0.2) is 47.4 Å². The average molecular weight is 626 g/mol. The first kappa shape index (κ1) is 30.7. The van der Waals surface area contributed by atoms with Crippen LogP contribution in [0, 0.1) is 5.82 Å². The number of aliphatic hydroxyl groups is 1. The minimum Gasteiger partial charge on any atom is -0.380 e. The van der Waals surface area contributed by atoms with Crippen LogP contribution < -0.4 is 0 Å². The molecule has 1 aliphatic heterocycles. The molecule has 0 aromatic heterocycles. The molecule has 5 rings (SSSR count). The summed E-state index contributed by atoms with van der Waals surface area (Å²) in [6.45, 7) is -0.175. The van der Waals surface area contributed by atoms with Crippen molar-refractivity contribution in [2.75, 3.05) is 6.54 Å². The molecule has 2 aromatic carbocycles. The number of nitrogens with zero attached hydrogens (tertiary/aromatic N) is 1.